The van der Waals surface area contributed by atoms with E-state index in [1.165, 1.54) is 24.3 Å². The molecular weight excluding hydrogens is 817 g/mol. The molecular formula is C38H42N12O8S2. The lowest BCUT2D eigenvalue weighted by molar-refractivity contribution is 0.281. The number of allylic oxidation sites excluding steroid dienone is 3. The minimum absolute atomic E-state index is 0.0123. The summed E-state index contributed by atoms with van der Waals surface area (Å²) >= 11 is 0. The Kier molecular flexibility index (Phi) is 13.3. The lowest BCUT2D eigenvalue weighted by Gasteiger charge is -2.32. The molecule has 20 nitrogen and oxygen atoms in total. The molecule has 2 aromatic heterocycles. The van der Waals surface area contributed by atoms with Gasteiger partial charge in [0.15, 0.2) is 0 Å². The molecule has 0 fully saturated rings. The number of nitrogens with zero attached hydrogens (tertiary/aromatic N) is 6. The fourth-order valence-corrected chi connectivity index (χ4v) is 8.31. The molecule has 0 aliphatic heterocycles. The summed E-state index contributed by atoms with van der Waals surface area (Å²) in [6.07, 6.45) is 5.82. The van der Waals surface area contributed by atoms with Crippen LogP contribution in [-0.4, -0.2) is 95.4 Å². The molecule has 0 bridgehead atoms. The Bertz CT molecular complexity index is 2550. The summed E-state index contributed by atoms with van der Waals surface area (Å²) in [5.41, 5.74) is 2.18. The summed E-state index contributed by atoms with van der Waals surface area (Å²) in [4.78, 5) is 26.1. The van der Waals surface area contributed by atoms with Gasteiger partial charge in [-0.25, -0.2) is 0 Å². The molecule has 3 atom stereocenters. The first-order valence-corrected chi connectivity index (χ1v) is 21.1. The molecule has 1 aliphatic carbocycles. The van der Waals surface area contributed by atoms with Crippen molar-refractivity contribution in [1.82, 2.24) is 29.9 Å². The number of nitrogens with one attached hydrogen (secondary N) is 6. The van der Waals surface area contributed by atoms with E-state index in [-0.39, 0.29) is 60.6 Å². The van der Waals surface area contributed by atoms with Gasteiger partial charge in [0.2, 0.25) is 35.7 Å². The molecule has 5 aromatic rings. The predicted octanol–water partition coefficient (Wildman–Crippen LogP) is 4.54. The second-order valence-electron chi connectivity index (χ2n) is 13.4. The van der Waals surface area contributed by atoms with Crippen LogP contribution in [0.2, 0.25) is 0 Å². The SMILES string of the molecule is CC(CO)Nc1nc(NC2=CC(S(=O)(=O)O)(S(=O)(=O)O)C(C=Cc3ccc(Nc4nc(Nc5ccccc5)nc(NC(C)CO)n4)cc3)C=C2)nc(Nc2ccccc2)n1. The number of benzene rings is 3. The minimum atomic E-state index is -5.59. The number of anilines is 9. The highest BCUT2D eigenvalue weighted by Gasteiger charge is 2.58. The maximum atomic E-state index is 13.0. The monoisotopic (exact) mass is 858 g/mol. The van der Waals surface area contributed by atoms with Crippen LogP contribution in [0.5, 0.6) is 0 Å². The first-order chi connectivity index (χ1) is 28.6. The molecule has 3 unspecified atom stereocenters. The number of rotatable bonds is 18. The molecule has 0 saturated carbocycles. The van der Waals surface area contributed by atoms with Crippen LogP contribution >= 0.6 is 0 Å². The normalized spacial score (nSPS) is 16.0. The van der Waals surface area contributed by atoms with Crippen molar-refractivity contribution in [2.45, 2.75) is 30.0 Å². The van der Waals surface area contributed by atoms with Gasteiger partial charge in [-0.3, -0.25) is 9.11 Å². The van der Waals surface area contributed by atoms with E-state index < -0.39 is 36.3 Å². The highest BCUT2D eigenvalue weighted by atomic mass is 32.3. The second-order valence-corrected chi connectivity index (χ2v) is 16.9. The maximum Gasteiger partial charge on any atom is 0.292 e. The van der Waals surface area contributed by atoms with E-state index in [0.717, 1.165) is 5.69 Å². The Labute approximate surface area is 345 Å². The quantitative estimate of drug-likeness (QED) is 0.0541. The topological polar surface area (TPSA) is 299 Å². The molecule has 0 amide bonds. The van der Waals surface area contributed by atoms with Gasteiger partial charge in [0.25, 0.3) is 24.3 Å². The van der Waals surface area contributed by atoms with Crippen LogP contribution in [0.4, 0.5) is 52.8 Å². The van der Waals surface area contributed by atoms with Crippen molar-refractivity contribution in [2.24, 2.45) is 5.92 Å². The molecule has 0 saturated heterocycles. The Balaban J connectivity index is 1.25. The zero-order valence-corrected chi connectivity index (χ0v) is 33.7. The molecule has 60 heavy (non-hydrogen) atoms. The molecule has 2 heterocycles. The van der Waals surface area contributed by atoms with Crippen molar-refractivity contribution >= 4 is 79.1 Å². The molecule has 0 spiro atoms. The van der Waals surface area contributed by atoms with Crippen LogP contribution in [0, 0.1) is 5.92 Å². The van der Waals surface area contributed by atoms with Crippen LogP contribution in [0.1, 0.15) is 19.4 Å². The van der Waals surface area contributed by atoms with Gasteiger partial charge in [0.05, 0.1) is 13.2 Å². The minimum Gasteiger partial charge on any atom is -0.394 e. The van der Waals surface area contributed by atoms with Crippen molar-refractivity contribution in [3.63, 3.8) is 0 Å². The number of hydrogen-bond acceptors (Lipinski definition) is 18. The third-order valence-electron chi connectivity index (χ3n) is 8.66. The van der Waals surface area contributed by atoms with Gasteiger partial charge in [0, 0.05) is 40.8 Å². The molecule has 0 radical (unpaired) electrons. The van der Waals surface area contributed by atoms with Gasteiger partial charge < -0.3 is 42.1 Å². The van der Waals surface area contributed by atoms with Crippen molar-refractivity contribution in [2.75, 3.05) is 45.1 Å². The van der Waals surface area contributed by atoms with Crippen molar-refractivity contribution in [1.29, 1.82) is 0 Å². The number of para-hydroxylation sites is 2. The summed E-state index contributed by atoms with van der Waals surface area (Å²) in [7, 11) is -11.2. The summed E-state index contributed by atoms with van der Waals surface area (Å²) < 4.78 is 69.8. The van der Waals surface area contributed by atoms with E-state index in [9.17, 15) is 36.2 Å². The van der Waals surface area contributed by atoms with Crippen LogP contribution in [0.3, 0.4) is 0 Å². The molecule has 314 valence electrons. The first kappa shape index (κ1) is 43.0. The van der Waals surface area contributed by atoms with Crippen LogP contribution in [0.15, 0.2) is 115 Å². The van der Waals surface area contributed by atoms with E-state index >= 15 is 0 Å². The highest BCUT2D eigenvalue weighted by Crippen LogP contribution is 2.40. The Morgan fingerprint density at radius 3 is 1.42 bits per heavy atom. The molecule has 22 heteroatoms. The van der Waals surface area contributed by atoms with Crippen molar-refractivity contribution in [3.05, 3.63) is 120 Å². The number of aliphatic hydroxyl groups is 2. The summed E-state index contributed by atoms with van der Waals surface area (Å²) in [6.45, 7) is 3.01. The fraction of sp³-hybridized carbons (Fsp3) is 0.211. The van der Waals surface area contributed by atoms with E-state index in [2.05, 4.69) is 61.8 Å². The Hall–Kier alpha value is -6.56. The number of aliphatic hydroxyl groups excluding tert-OH is 2. The molecule has 6 rings (SSSR count). The first-order valence-electron chi connectivity index (χ1n) is 18.2. The second kappa shape index (κ2) is 18.6. The van der Waals surface area contributed by atoms with Crippen LogP contribution < -0.4 is 31.9 Å². The third-order valence-corrected chi connectivity index (χ3v) is 12.3. The van der Waals surface area contributed by atoms with Gasteiger partial charge in [-0.2, -0.15) is 46.7 Å². The predicted molar refractivity (Wildman–Crippen MR) is 228 cm³/mol. The van der Waals surface area contributed by atoms with Crippen molar-refractivity contribution in [3.8, 4) is 0 Å². The Morgan fingerprint density at radius 1 is 0.600 bits per heavy atom. The third kappa shape index (κ3) is 10.7. The van der Waals surface area contributed by atoms with E-state index in [1.807, 2.05) is 36.4 Å². The van der Waals surface area contributed by atoms with Gasteiger partial charge in [-0.1, -0.05) is 66.8 Å². The molecule has 1 aliphatic rings. The average Bonchev–Trinajstić information content (AvgIpc) is 3.20. The zero-order chi connectivity index (χ0) is 42.9. The Morgan fingerprint density at radius 2 is 1.00 bits per heavy atom. The summed E-state index contributed by atoms with van der Waals surface area (Å²) in [5, 5.41) is 37.0. The van der Waals surface area contributed by atoms with E-state index in [0.29, 0.717) is 23.0 Å². The van der Waals surface area contributed by atoms with Gasteiger partial charge in [0.1, 0.15) is 0 Å². The van der Waals surface area contributed by atoms with Gasteiger partial charge >= 0.3 is 0 Å². The van der Waals surface area contributed by atoms with E-state index in [4.69, 9.17) is 0 Å². The summed E-state index contributed by atoms with van der Waals surface area (Å²) in [5.74, 6) is -1.16. The van der Waals surface area contributed by atoms with Gasteiger partial charge in [-0.15, -0.1) is 0 Å². The lowest BCUT2D eigenvalue weighted by Crippen LogP contribution is -2.50. The summed E-state index contributed by atoms with van der Waals surface area (Å²) in [6, 6.07) is 23.9. The van der Waals surface area contributed by atoms with Gasteiger partial charge in [-0.05, 0) is 68.0 Å². The maximum absolute atomic E-state index is 13.0. The zero-order valence-electron chi connectivity index (χ0n) is 32.0. The lowest BCUT2D eigenvalue weighted by atomic mass is 9.96. The van der Waals surface area contributed by atoms with Crippen LogP contribution in [-0.2, 0) is 20.2 Å². The van der Waals surface area contributed by atoms with Crippen LogP contribution in [0.25, 0.3) is 6.08 Å². The largest absolute Gasteiger partial charge is 0.394 e. The average molecular weight is 859 g/mol. The number of aromatic nitrogens is 6. The number of hydrogen-bond donors (Lipinski definition) is 10. The van der Waals surface area contributed by atoms with Crippen molar-refractivity contribution < 1.29 is 36.2 Å². The molecule has 10 N–H and O–H groups in total. The molecule has 3 aromatic carbocycles. The van der Waals surface area contributed by atoms with E-state index in [1.54, 1.807) is 62.4 Å². The smallest absolute Gasteiger partial charge is 0.292 e. The highest BCUT2D eigenvalue weighted by molar-refractivity contribution is 8.05. The standard InChI is InChI=1S/C38H42N12O8S2/c1-24(22-51)39-32-45-34(41-28-9-5-3-6-10-28)49-36(47-32)43-30-18-14-26(15-19-30)13-16-27-17-20-31(21-38(27,59(53,54)55)60(56,57)58)44-37-48-33(40-25(2)23-52)46-35(50-37)42-29-11-7-4-8-12-29/h3-21,24-25,27,51-52H,22-23H2,1-2H3,(H,53,54,55)(H,56,57,58)(H3,39,41,43,45,47,49)(H3,40,42,44,46,48,50). The fourth-order valence-electron chi connectivity index (χ4n) is 5.69.